The van der Waals surface area contributed by atoms with Crippen LogP contribution in [0.1, 0.15) is 11.6 Å². The van der Waals surface area contributed by atoms with Crippen molar-refractivity contribution in [1.29, 1.82) is 0 Å². The van der Waals surface area contributed by atoms with E-state index in [4.69, 9.17) is 18.0 Å². The summed E-state index contributed by atoms with van der Waals surface area (Å²) in [5.41, 5.74) is 0.945. The van der Waals surface area contributed by atoms with Gasteiger partial charge in [0.05, 0.1) is 6.04 Å². The van der Waals surface area contributed by atoms with Crippen molar-refractivity contribution in [2.24, 2.45) is 0 Å². The van der Waals surface area contributed by atoms with Crippen molar-refractivity contribution < 1.29 is 0 Å². The highest BCUT2D eigenvalue weighted by Gasteiger charge is 2.18. The van der Waals surface area contributed by atoms with Crippen LogP contribution in [0.3, 0.4) is 0 Å². The minimum atomic E-state index is -0.153. The summed E-state index contributed by atoms with van der Waals surface area (Å²) in [5, 5.41) is 0.688. The first-order valence-electron chi connectivity index (χ1n) is 5.41. The highest BCUT2D eigenvalue weighted by molar-refractivity contribution is 6.31. The fourth-order valence-corrected chi connectivity index (χ4v) is 1.94. The molecule has 0 aromatic heterocycles. The minimum Gasteiger partial charge on any atom is -0.279 e. The molecule has 0 N–H and O–H groups in total. The molecule has 1 unspecified atom stereocenters. The highest BCUT2D eigenvalue weighted by atomic mass is 35.5. The molecule has 0 aliphatic carbocycles. The van der Waals surface area contributed by atoms with Gasteiger partial charge in [-0.05, 0) is 11.6 Å². The van der Waals surface area contributed by atoms with Crippen molar-refractivity contribution in [1.82, 2.24) is 4.90 Å². The molecule has 1 rings (SSSR count). The van der Waals surface area contributed by atoms with Gasteiger partial charge in [-0.3, -0.25) is 4.90 Å². The van der Waals surface area contributed by atoms with Crippen molar-refractivity contribution in [3.8, 4) is 12.3 Å². The van der Waals surface area contributed by atoms with E-state index in [2.05, 4.69) is 24.0 Å². The molecule has 0 saturated heterocycles. The molecule has 17 heavy (non-hydrogen) atoms. The van der Waals surface area contributed by atoms with Crippen LogP contribution in [0, 0.1) is 12.3 Å². The van der Waals surface area contributed by atoms with E-state index in [1.807, 2.05) is 36.4 Å². The van der Waals surface area contributed by atoms with Gasteiger partial charge in [-0.1, -0.05) is 47.9 Å². The number of hydrogen-bond acceptors (Lipinski definition) is 1. The average molecular weight is 246 g/mol. The molecule has 0 fully saturated rings. The molecule has 0 aliphatic rings. The van der Waals surface area contributed by atoms with E-state index in [-0.39, 0.29) is 6.04 Å². The standard InChI is InChI=1S/C15H16ClN/c1-4-11-17(12-5-2)15(6-3)13-9-7-8-10-14(13)16/h3-5,7-10,15H,1-2,11-12H2. The zero-order chi connectivity index (χ0) is 12.7. The number of nitrogens with zero attached hydrogens (tertiary/aromatic N) is 1. The molecule has 0 saturated carbocycles. The van der Waals surface area contributed by atoms with Crippen LogP contribution >= 0.6 is 11.6 Å². The lowest BCUT2D eigenvalue weighted by molar-refractivity contribution is 0.293. The maximum absolute atomic E-state index is 6.17. The Morgan fingerprint density at radius 3 is 2.35 bits per heavy atom. The summed E-state index contributed by atoms with van der Waals surface area (Å²) in [4.78, 5) is 2.08. The van der Waals surface area contributed by atoms with E-state index in [9.17, 15) is 0 Å². The van der Waals surface area contributed by atoms with E-state index >= 15 is 0 Å². The molecule has 0 radical (unpaired) electrons. The second-order valence-corrected chi connectivity index (χ2v) is 4.03. The number of rotatable bonds is 6. The second-order valence-electron chi connectivity index (χ2n) is 3.62. The van der Waals surface area contributed by atoms with Gasteiger partial charge in [0.1, 0.15) is 0 Å². The predicted molar refractivity (Wildman–Crippen MR) is 75.0 cm³/mol. The zero-order valence-electron chi connectivity index (χ0n) is 9.77. The number of halogens is 1. The van der Waals surface area contributed by atoms with E-state index in [0.29, 0.717) is 18.1 Å². The number of hydrogen-bond donors (Lipinski definition) is 0. The maximum atomic E-state index is 6.17. The average Bonchev–Trinajstić information content (AvgIpc) is 2.33. The Labute approximate surface area is 108 Å². The third-order valence-electron chi connectivity index (χ3n) is 2.45. The van der Waals surface area contributed by atoms with Crippen LogP contribution in [-0.2, 0) is 0 Å². The summed E-state index contributed by atoms with van der Waals surface area (Å²) in [7, 11) is 0. The van der Waals surface area contributed by atoms with Crippen LogP contribution in [-0.4, -0.2) is 18.0 Å². The third kappa shape index (κ3) is 3.49. The maximum Gasteiger partial charge on any atom is 0.0988 e. The minimum absolute atomic E-state index is 0.153. The van der Waals surface area contributed by atoms with Gasteiger partial charge >= 0.3 is 0 Å². The van der Waals surface area contributed by atoms with Crippen LogP contribution in [0.5, 0.6) is 0 Å². The molecule has 88 valence electrons. The Bertz CT molecular complexity index is 421. The van der Waals surface area contributed by atoms with Gasteiger partial charge in [0.25, 0.3) is 0 Å². The SMILES string of the molecule is C#CC(c1ccccc1Cl)N(CC=C)CC=C. The number of benzene rings is 1. The Balaban J connectivity index is 3.04. The monoisotopic (exact) mass is 245 g/mol. The zero-order valence-corrected chi connectivity index (χ0v) is 10.5. The lowest BCUT2D eigenvalue weighted by atomic mass is 10.1. The smallest absolute Gasteiger partial charge is 0.0988 e. The Kier molecular flexibility index (Phi) is 5.56. The molecule has 0 heterocycles. The first-order valence-corrected chi connectivity index (χ1v) is 5.78. The third-order valence-corrected chi connectivity index (χ3v) is 2.79. The molecule has 0 bridgehead atoms. The van der Waals surface area contributed by atoms with Gasteiger partial charge in [-0.2, -0.15) is 0 Å². The molecule has 2 heteroatoms. The molecular formula is C15H16ClN. The van der Waals surface area contributed by atoms with Gasteiger partial charge in [0.15, 0.2) is 0 Å². The lowest BCUT2D eigenvalue weighted by Crippen LogP contribution is -2.28. The van der Waals surface area contributed by atoms with Crippen molar-refractivity contribution in [2.45, 2.75) is 6.04 Å². The topological polar surface area (TPSA) is 3.24 Å². The first-order chi connectivity index (χ1) is 8.24. The van der Waals surface area contributed by atoms with Gasteiger partial charge in [0, 0.05) is 18.1 Å². The van der Waals surface area contributed by atoms with Crippen LogP contribution in [0.2, 0.25) is 5.02 Å². The predicted octanol–water partition coefficient (Wildman–Crippen LogP) is 3.69. The van der Waals surface area contributed by atoms with Gasteiger partial charge < -0.3 is 0 Å². The second kappa shape index (κ2) is 6.96. The summed E-state index contributed by atoms with van der Waals surface area (Å²) in [6.07, 6.45) is 9.26. The molecular weight excluding hydrogens is 230 g/mol. The quantitative estimate of drug-likeness (QED) is 0.546. The Morgan fingerprint density at radius 1 is 1.29 bits per heavy atom. The molecule has 1 aromatic carbocycles. The highest BCUT2D eigenvalue weighted by Crippen LogP contribution is 2.26. The van der Waals surface area contributed by atoms with Crippen molar-refractivity contribution in [2.75, 3.05) is 13.1 Å². The molecule has 1 aromatic rings. The van der Waals surface area contributed by atoms with Crippen molar-refractivity contribution >= 4 is 11.6 Å². The van der Waals surface area contributed by atoms with Gasteiger partial charge in [-0.25, -0.2) is 0 Å². The Morgan fingerprint density at radius 2 is 1.88 bits per heavy atom. The number of terminal acetylenes is 1. The van der Waals surface area contributed by atoms with E-state index in [1.54, 1.807) is 0 Å². The molecule has 0 spiro atoms. The summed E-state index contributed by atoms with van der Waals surface area (Å²) in [6, 6.07) is 7.48. The lowest BCUT2D eigenvalue weighted by Gasteiger charge is -2.26. The Hall–Kier alpha value is -1.49. The van der Waals surface area contributed by atoms with E-state index < -0.39 is 0 Å². The summed E-state index contributed by atoms with van der Waals surface area (Å²) in [5.74, 6) is 2.77. The van der Waals surface area contributed by atoms with Crippen molar-refractivity contribution in [3.05, 3.63) is 60.2 Å². The summed E-state index contributed by atoms with van der Waals surface area (Å²) in [6.45, 7) is 8.88. The van der Waals surface area contributed by atoms with E-state index in [0.717, 1.165) is 5.56 Å². The molecule has 0 aliphatic heterocycles. The fourth-order valence-electron chi connectivity index (χ4n) is 1.71. The molecule has 0 amide bonds. The van der Waals surface area contributed by atoms with Crippen LogP contribution in [0.4, 0.5) is 0 Å². The fraction of sp³-hybridized carbons (Fsp3) is 0.200. The molecule has 1 atom stereocenters. The largest absolute Gasteiger partial charge is 0.279 e. The van der Waals surface area contributed by atoms with Crippen LogP contribution in [0.25, 0.3) is 0 Å². The van der Waals surface area contributed by atoms with Crippen molar-refractivity contribution in [3.63, 3.8) is 0 Å². The summed E-state index contributed by atoms with van der Waals surface area (Å²) >= 11 is 6.17. The normalized spacial score (nSPS) is 11.8. The van der Waals surface area contributed by atoms with Gasteiger partial charge in [-0.15, -0.1) is 19.6 Å². The molecule has 1 nitrogen and oxygen atoms in total. The van der Waals surface area contributed by atoms with Gasteiger partial charge in [0.2, 0.25) is 0 Å². The first kappa shape index (κ1) is 13.6. The summed E-state index contributed by atoms with van der Waals surface area (Å²) < 4.78 is 0. The van der Waals surface area contributed by atoms with Crippen LogP contribution < -0.4 is 0 Å². The van der Waals surface area contributed by atoms with Crippen LogP contribution in [0.15, 0.2) is 49.6 Å². The van der Waals surface area contributed by atoms with E-state index in [1.165, 1.54) is 0 Å².